The molecule has 0 fully saturated rings. The van der Waals surface area contributed by atoms with E-state index in [2.05, 4.69) is 15.3 Å². The van der Waals surface area contributed by atoms with Crippen molar-refractivity contribution in [2.45, 2.75) is 25.6 Å². The number of alkyl halides is 3. The average Bonchev–Trinajstić information content (AvgIpc) is 2.85. The molecule has 194 valence electrons. The Morgan fingerprint density at radius 3 is 2.62 bits per heavy atom. The fraction of sp³-hybridized carbons (Fsp3) is 0.304. The molecule has 0 bridgehead atoms. The molecule has 1 unspecified atom stereocenters. The lowest BCUT2D eigenvalue weighted by Gasteiger charge is -2.25. The number of nitro groups is 1. The van der Waals surface area contributed by atoms with Crippen molar-refractivity contribution in [2.24, 2.45) is 7.05 Å². The number of nitrogens with zero attached hydrogens (tertiary/aromatic N) is 5. The zero-order valence-corrected chi connectivity index (χ0v) is 19.6. The number of anilines is 1. The third-order valence-corrected chi connectivity index (χ3v) is 6.10. The van der Waals surface area contributed by atoms with Crippen LogP contribution in [-0.2, 0) is 13.2 Å². The van der Waals surface area contributed by atoms with Gasteiger partial charge in [0.15, 0.2) is 0 Å². The summed E-state index contributed by atoms with van der Waals surface area (Å²) in [4.78, 5) is 44.3. The fourth-order valence-electron chi connectivity index (χ4n) is 4.16. The lowest BCUT2D eigenvalue weighted by Crippen LogP contribution is -2.35. The van der Waals surface area contributed by atoms with Gasteiger partial charge in [-0.3, -0.25) is 19.5 Å². The van der Waals surface area contributed by atoms with E-state index in [0.29, 0.717) is 30.0 Å². The molecular formula is C23H21F3N6O5. The van der Waals surface area contributed by atoms with Gasteiger partial charge in [-0.2, -0.15) is 13.2 Å². The molecular weight excluding hydrogens is 497 g/mol. The van der Waals surface area contributed by atoms with Crippen LogP contribution in [0.1, 0.15) is 36.1 Å². The predicted molar refractivity (Wildman–Crippen MR) is 127 cm³/mol. The van der Waals surface area contributed by atoms with E-state index in [1.54, 1.807) is 6.08 Å². The molecule has 1 aromatic carbocycles. The summed E-state index contributed by atoms with van der Waals surface area (Å²) < 4.78 is 41.3. The van der Waals surface area contributed by atoms with Crippen molar-refractivity contribution in [2.75, 3.05) is 18.4 Å². The van der Waals surface area contributed by atoms with Crippen LogP contribution in [0.4, 0.5) is 29.5 Å². The van der Waals surface area contributed by atoms with Crippen LogP contribution in [0, 0.1) is 10.1 Å². The second-order valence-corrected chi connectivity index (χ2v) is 8.54. The highest BCUT2D eigenvalue weighted by molar-refractivity contribution is 5.90. The van der Waals surface area contributed by atoms with Crippen LogP contribution in [0.2, 0.25) is 0 Å². The van der Waals surface area contributed by atoms with Crippen LogP contribution >= 0.6 is 0 Å². The number of carbonyl (C=O) groups is 1. The van der Waals surface area contributed by atoms with E-state index >= 15 is 0 Å². The standard InChI is InChI=1S/C23H21F3N6O5/c1-12(14-6-15(23(24,25)26)8-16(7-14)32(36)37)29-19-18-9-17(13-4-3-5-31(10-13)22(34)35)21(33)30(2)20(18)28-11-27-19/h4,6-9,11-12H,3,5,10H2,1-2H3,(H,34,35)(H,27,28,29). The lowest BCUT2D eigenvalue weighted by atomic mass is 10.0. The molecule has 2 N–H and O–H groups in total. The molecule has 4 rings (SSSR count). The Hall–Kier alpha value is -4.49. The molecule has 2 aromatic heterocycles. The second kappa shape index (κ2) is 9.52. The van der Waals surface area contributed by atoms with Crippen LogP contribution in [0.5, 0.6) is 0 Å². The molecule has 0 spiro atoms. The second-order valence-electron chi connectivity index (χ2n) is 8.54. The Balaban J connectivity index is 1.78. The SMILES string of the molecule is CC(Nc1ncnc2c1cc(C1=CCCN(C(=O)O)C1)c(=O)n2C)c1cc([N+](=O)[O-])cc(C(F)(F)F)c1. The Bertz CT molecular complexity index is 1500. The predicted octanol–water partition coefficient (Wildman–Crippen LogP) is 4.20. The number of halogens is 3. The van der Waals surface area contributed by atoms with Gasteiger partial charge >= 0.3 is 12.3 Å². The van der Waals surface area contributed by atoms with Crippen molar-refractivity contribution < 1.29 is 28.0 Å². The molecule has 0 radical (unpaired) electrons. The van der Waals surface area contributed by atoms with Crippen LogP contribution in [-0.4, -0.2) is 48.6 Å². The van der Waals surface area contributed by atoms with Crippen molar-refractivity contribution in [3.63, 3.8) is 0 Å². The number of fused-ring (bicyclic) bond motifs is 1. The smallest absolute Gasteiger partial charge is 0.416 e. The number of pyridine rings is 1. The van der Waals surface area contributed by atoms with Gasteiger partial charge in [0.1, 0.15) is 17.8 Å². The van der Waals surface area contributed by atoms with Crippen molar-refractivity contribution in [1.29, 1.82) is 0 Å². The molecule has 37 heavy (non-hydrogen) atoms. The summed E-state index contributed by atoms with van der Waals surface area (Å²) in [6, 6.07) is 3.00. The Labute approximate surface area is 207 Å². The first-order valence-corrected chi connectivity index (χ1v) is 11.0. The van der Waals surface area contributed by atoms with Gasteiger partial charge in [-0.15, -0.1) is 0 Å². The molecule has 3 aromatic rings. The first-order chi connectivity index (χ1) is 17.4. The van der Waals surface area contributed by atoms with E-state index in [9.17, 15) is 38.0 Å². The van der Waals surface area contributed by atoms with Gasteiger partial charge in [-0.25, -0.2) is 14.8 Å². The number of rotatable bonds is 5. The molecule has 3 heterocycles. The largest absolute Gasteiger partial charge is 0.465 e. The molecule has 1 atom stereocenters. The number of non-ortho nitro benzene ring substituents is 1. The third-order valence-electron chi connectivity index (χ3n) is 6.10. The highest BCUT2D eigenvalue weighted by atomic mass is 19.4. The average molecular weight is 518 g/mol. The summed E-state index contributed by atoms with van der Waals surface area (Å²) in [6.07, 6.45) is -2.52. The van der Waals surface area contributed by atoms with Gasteiger partial charge in [0.05, 0.1) is 21.9 Å². The summed E-state index contributed by atoms with van der Waals surface area (Å²) in [5.74, 6) is 0.181. The summed E-state index contributed by atoms with van der Waals surface area (Å²) >= 11 is 0. The van der Waals surface area contributed by atoms with Crippen molar-refractivity contribution >= 4 is 34.2 Å². The van der Waals surface area contributed by atoms with E-state index in [1.807, 2.05) is 0 Å². The zero-order chi connectivity index (χ0) is 27.1. The number of hydrogen-bond donors (Lipinski definition) is 2. The van der Waals surface area contributed by atoms with Crippen molar-refractivity contribution in [3.8, 4) is 0 Å². The van der Waals surface area contributed by atoms with Crippen LogP contribution in [0.25, 0.3) is 16.6 Å². The molecule has 14 heteroatoms. The van der Waals surface area contributed by atoms with Gasteiger partial charge in [-0.05, 0) is 36.6 Å². The zero-order valence-electron chi connectivity index (χ0n) is 19.6. The van der Waals surface area contributed by atoms with E-state index in [-0.39, 0.29) is 29.1 Å². The molecule has 1 aliphatic rings. The fourth-order valence-corrected chi connectivity index (χ4v) is 4.16. The first kappa shape index (κ1) is 25.6. The lowest BCUT2D eigenvalue weighted by molar-refractivity contribution is -0.385. The minimum atomic E-state index is -4.78. The maximum Gasteiger partial charge on any atom is 0.416 e. The summed E-state index contributed by atoms with van der Waals surface area (Å²) in [5.41, 5.74) is -1.28. The van der Waals surface area contributed by atoms with Crippen LogP contribution in [0.3, 0.4) is 0 Å². The van der Waals surface area contributed by atoms with Crippen LogP contribution in [0.15, 0.2) is 41.5 Å². The summed E-state index contributed by atoms with van der Waals surface area (Å²) in [5, 5.41) is 23.9. The minimum Gasteiger partial charge on any atom is -0.465 e. The Kier molecular flexibility index (Phi) is 6.59. The van der Waals surface area contributed by atoms with Gasteiger partial charge in [0, 0.05) is 37.8 Å². The molecule has 0 saturated carbocycles. The van der Waals surface area contributed by atoms with Crippen LogP contribution < -0.4 is 10.9 Å². The number of aryl methyl sites for hydroxylation is 1. The number of aromatic nitrogens is 3. The molecule has 0 aliphatic carbocycles. The molecule has 1 amide bonds. The van der Waals surface area contributed by atoms with E-state index in [4.69, 9.17) is 0 Å². The van der Waals surface area contributed by atoms with Gasteiger partial charge in [-0.1, -0.05) is 6.08 Å². The van der Waals surface area contributed by atoms with Gasteiger partial charge in [0.25, 0.3) is 11.2 Å². The number of nitro benzene ring substituents is 1. The molecule has 11 nitrogen and oxygen atoms in total. The Morgan fingerprint density at radius 2 is 1.97 bits per heavy atom. The maximum atomic E-state index is 13.3. The number of benzene rings is 1. The highest BCUT2D eigenvalue weighted by Gasteiger charge is 2.33. The maximum absolute atomic E-state index is 13.3. The number of hydrogen-bond acceptors (Lipinski definition) is 7. The normalized spacial score (nSPS) is 14.8. The van der Waals surface area contributed by atoms with E-state index in [0.717, 1.165) is 12.1 Å². The summed E-state index contributed by atoms with van der Waals surface area (Å²) in [7, 11) is 1.49. The van der Waals surface area contributed by atoms with Crippen molar-refractivity contribution in [1.82, 2.24) is 19.4 Å². The Morgan fingerprint density at radius 1 is 1.24 bits per heavy atom. The van der Waals surface area contributed by atoms with E-state index in [1.165, 1.54) is 35.8 Å². The molecule has 0 saturated heterocycles. The summed E-state index contributed by atoms with van der Waals surface area (Å²) in [6.45, 7) is 1.82. The number of carboxylic acid groups (broad SMARTS) is 1. The van der Waals surface area contributed by atoms with Gasteiger partial charge in [0.2, 0.25) is 0 Å². The van der Waals surface area contributed by atoms with Gasteiger partial charge < -0.3 is 15.3 Å². The highest BCUT2D eigenvalue weighted by Crippen LogP contribution is 2.35. The number of amides is 1. The van der Waals surface area contributed by atoms with Crippen molar-refractivity contribution in [3.05, 3.63) is 73.8 Å². The topological polar surface area (TPSA) is 143 Å². The minimum absolute atomic E-state index is 0.00502. The first-order valence-electron chi connectivity index (χ1n) is 11.0. The number of nitrogens with one attached hydrogen (secondary N) is 1. The third kappa shape index (κ3) is 5.08. The van der Waals surface area contributed by atoms with E-state index < -0.39 is 40.0 Å². The monoisotopic (exact) mass is 518 g/mol. The quantitative estimate of drug-likeness (QED) is 0.378. The molecule has 1 aliphatic heterocycles.